The number of hydrogen-bond acceptors (Lipinski definition) is 5. The van der Waals surface area contributed by atoms with Gasteiger partial charge in [0, 0.05) is 33.2 Å². The molecular weight excluding hydrogens is 543 g/mol. The van der Waals surface area contributed by atoms with Crippen LogP contribution in [0.1, 0.15) is 17.3 Å². The minimum absolute atomic E-state index is 0.0224. The zero-order chi connectivity index (χ0) is 23.4. The molecule has 7 nitrogen and oxygen atoms in total. The molecule has 2 aromatic heterocycles. The second-order valence-electron chi connectivity index (χ2n) is 7.21. The van der Waals surface area contributed by atoms with Crippen LogP contribution in [0.5, 0.6) is 0 Å². The Morgan fingerprint density at radius 1 is 1.18 bits per heavy atom. The fourth-order valence-corrected chi connectivity index (χ4v) is 3.89. The summed E-state index contributed by atoms with van der Waals surface area (Å²) in [6, 6.07) is 11.6. The number of nitrogens with zero attached hydrogens (tertiary/aromatic N) is 4. The van der Waals surface area contributed by atoms with E-state index in [-0.39, 0.29) is 12.1 Å². The van der Waals surface area contributed by atoms with Crippen molar-refractivity contribution in [1.29, 1.82) is 0 Å². The van der Waals surface area contributed by atoms with Crippen LogP contribution in [0.25, 0.3) is 17.0 Å². The number of amides is 1. The van der Waals surface area contributed by atoms with Crippen LogP contribution in [-0.2, 0) is 4.79 Å². The third-order valence-electron chi connectivity index (χ3n) is 4.93. The molecule has 0 radical (unpaired) electrons. The molecule has 2 N–H and O–H groups in total. The third kappa shape index (κ3) is 5.57. The van der Waals surface area contributed by atoms with E-state index in [0.717, 1.165) is 26.6 Å². The van der Waals surface area contributed by atoms with Crippen LogP contribution in [0.2, 0.25) is 0 Å². The van der Waals surface area contributed by atoms with Crippen LogP contribution in [0, 0.1) is 15.2 Å². The summed E-state index contributed by atoms with van der Waals surface area (Å²) in [7, 11) is 0. The van der Waals surface area contributed by atoms with E-state index >= 15 is 0 Å². The predicted octanol–water partition coefficient (Wildman–Crippen LogP) is 3.49. The van der Waals surface area contributed by atoms with E-state index in [1.54, 1.807) is 12.1 Å². The number of rotatable bonds is 7. The zero-order valence-corrected chi connectivity index (χ0v) is 19.2. The Labute approximate surface area is 201 Å². The van der Waals surface area contributed by atoms with E-state index < -0.39 is 29.7 Å². The van der Waals surface area contributed by atoms with Crippen molar-refractivity contribution >= 4 is 45.5 Å². The standard InChI is InChI=1S/C23H18F2IN5O2/c24-15-2-6-18(19(25)10-15)23(31-13-27-12-29-31)21(32)11-28-22(33)8-5-17-4-1-14-9-16(26)3-7-20(14)30-17/h1-10,12-13,21,23,32H,11H2,(H,28,33)/b8-5+. The first-order chi connectivity index (χ1) is 15.9. The quantitative estimate of drug-likeness (QED) is 0.266. The van der Waals surface area contributed by atoms with Gasteiger partial charge in [-0.15, -0.1) is 0 Å². The molecule has 10 heteroatoms. The Morgan fingerprint density at radius 3 is 2.79 bits per heavy atom. The minimum Gasteiger partial charge on any atom is -0.389 e. The molecule has 33 heavy (non-hydrogen) atoms. The number of carbonyl (C=O) groups is 1. The SMILES string of the molecule is O=C(/C=C/c1ccc2cc(I)ccc2n1)NCC(O)C(c1ccc(F)cc1F)n1cncn1. The van der Waals surface area contributed by atoms with Crippen molar-refractivity contribution in [1.82, 2.24) is 25.1 Å². The van der Waals surface area contributed by atoms with Crippen molar-refractivity contribution in [2.45, 2.75) is 12.1 Å². The molecule has 168 valence electrons. The molecule has 0 bridgehead atoms. The van der Waals surface area contributed by atoms with Gasteiger partial charge in [0.1, 0.15) is 30.3 Å². The number of aliphatic hydroxyl groups excluding tert-OH is 1. The Hall–Kier alpha value is -3.25. The summed E-state index contributed by atoms with van der Waals surface area (Å²) < 4.78 is 30.1. The van der Waals surface area contributed by atoms with Crippen molar-refractivity contribution < 1.29 is 18.7 Å². The number of aromatic nitrogens is 4. The Bertz CT molecular complexity index is 1310. The summed E-state index contributed by atoms with van der Waals surface area (Å²) in [5, 5.41) is 18.2. The maximum absolute atomic E-state index is 14.4. The van der Waals surface area contributed by atoms with Gasteiger partial charge in [0.05, 0.1) is 17.3 Å². The van der Waals surface area contributed by atoms with Crippen molar-refractivity contribution in [2.24, 2.45) is 0 Å². The van der Waals surface area contributed by atoms with Crippen molar-refractivity contribution in [3.05, 3.63) is 93.7 Å². The van der Waals surface area contributed by atoms with Crippen LogP contribution in [0.3, 0.4) is 0 Å². The molecule has 4 aromatic rings. The van der Waals surface area contributed by atoms with Gasteiger partial charge in [0.2, 0.25) is 5.91 Å². The number of pyridine rings is 1. The molecule has 2 unspecified atom stereocenters. The maximum Gasteiger partial charge on any atom is 0.244 e. The zero-order valence-electron chi connectivity index (χ0n) is 17.1. The monoisotopic (exact) mass is 561 g/mol. The summed E-state index contributed by atoms with van der Waals surface area (Å²) in [5.74, 6) is -2.04. The van der Waals surface area contributed by atoms with Gasteiger partial charge in [-0.2, -0.15) is 5.10 Å². The van der Waals surface area contributed by atoms with Crippen LogP contribution in [0.15, 0.2) is 67.3 Å². The molecule has 2 heterocycles. The van der Waals surface area contributed by atoms with E-state index in [2.05, 4.69) is 43.0 Å². The topological polar surface area (TPSA) is 92.9 Å². The molecule has 0 spiro atoms. The van der Waals surface area contributed by atoms with Gasteiger partial charge < -0.3 is 10.4 Å². The van der Waals surface area contributed by atoms with Crippen molar-refractivity contribution in [3.63, 3.8) is 0 Å². The van der Waals surface area contributed by atoms with Gasteiger partial charge in [-0.1, -0.05) is 12.1 Å². The number of fused-ring (bicyclic) bond motifs is 1. The number of hydrogen-bond donors (Lipinski definition) is 2. The average Bonchev–Trinajstić information content (AvgIpc) is 3.32. The highest BCUT2D eigenvalue weighted by molar-refractivity contribution is 14.1. The molecular formula is C23H18F2IN5O2. The molecule has 1 amide bonds. The minimum atomic E-state index is -1.26. The average molecular weight is 561 g/mol. The van der Waals surface area contributed by atoms with Crippen LogP contribution >= 0.6 is 22.6 Å². The normalized spacial score (nSPS) is 13.3. The summed E-state index contributed by atoms with van der Waals surface area (Å²) in [5.41, 5.74) is 1.44. The molecule has 0 aliphatic carbocycles. The molecule has 0 aliphatic rings. The predicted molar refractivity (Wildman–Crippen MR) is 127 cm³/mol. The lowest BCUT2D eigenvalue weighted by atomic mass is 10.0. The Kier molecular flexibility index (Phi) is 7.04. The van der Waals surface area contributed by atoms with Gasteiger partial charge in [-0.25, -0.2) is 23.4 Å². The van der Waals surface area contributed by atoms with Crippen LogP contribution < -0.4 is 5.32 Å². The Balaban J connectivity index is 1.44. The number of benzene rings is 2. The number of nitrogens with one attached hydrogen (secondary N) is 1. The lowest BCUT2D eigenvalue weighted by Gasteiger charge is -2.24. The largest absolute Gasteiger partial charge is 0.389 e. The molecule has 0 saturated heterocycles. The summed E-state index contributed by atoms with van der Waals surface area (Å²) in [4.78, 5) is 20.6. The van der Waals surface area contributed by atoms with E-state index in [1.165, 1.54) is 29.5 Å². The van der Waals surface area contributed by atoms with Crippen LogP contribution in [0.4, 0.5) is 8.78 Å². The number of carbonyl (C=O) groups excluding carboxylic acids is 1. The fraction of sp³-hybridized carbons (Fsp3) is 0.130. The van der Waals surface area contributed by atoms with Gasteiger partial charge >= 0.3 is 0 Å². The van der Waals surface area contributed by atoms with Gasteiger partial charge in [-0.3, -0.25) is 4.79 Å². The summed E-state index contributed by atoms with van der Waals surface area (Å²) in [6.45, 7) is -0.200. The third-order valence-corrected chi connectivity index (χ3v) is 5.60. The highest BCUT2D eigenvalue weighted by atomic mass is 127. The van der Waals surface area contributed by atoms with Crippen LogP contribution in [-0.4, -0.2) is 43.4 Å². The molecule has 0 saturated carbocycles. The van der Waals surface area contributed by atoms with E-state index in [0.29, 0.717) is 5.69 Å². The van der Waals surface area contributed by atoms with Crippen molar-refractivity contribution in [2.75, 3.05) is 6.54 Å². The highest BCUT2D eigenvalue weighted by Crippen LogP contribution is 2.24. The molecule has 4 rings (SSSR count). The molecule has 2 aromatic carbocycles. The first-order valence-electron chi connectivity index (χ1n) is 9.90. The molecule has 0 fully saturated rings. The Morgan fingerprint density at radius 2 is 2.03 bits per heavy atom. The smallest absolute Gasteiger partial charge is 0.244 e. The fourth-order valence-electron chi connectivity index (χ4n) is 3.37. The highest BCUT2D eigenvalue weighted by Gasteiger charge is 2.27. The molecule has 0 aliphatic heterocycles. The second kappa shape index (κ2) is 10.1. The van der Waals surface area contributed by atoms with Gasteiger partial charge in [0.15, 0.2) is 0 Å². The first kappa shape index (κ1) is 22.9. The van der Waals surface area contributed by atoms with Crippen molar-refractivity contribution in [3.8, 4) is 0 Å². The second-order valence-corrected chi connectivity index (χ2v) is 8.45. The maximum atomic E-state index is 14.4. The van der Waals surface area contributed by atoms with E-state index in [1.807, 2.05) is 24.3 Å². The lowest BCUT2D eigenvalue weighted by molar-refractivity contribution is -0.117. The first-order valence-corrected chi connectivity index (χ1v) is 11.0. The number of halogens is 3. The summed E-state index contributed by atoms with van der Waals surface area (Å²) in [6.07, 6.45) is 4.15. The summed E-state index contributed by atoms with van der Waals surface area (Å²) >= 11 is 2.23. The van der Waals surface area contributed by atoms with Gasteiger partial charge in [0.25, 0.3) is 0 Å². The number of aliphatic hydroxyl groups is 1. The van der Waals surface area contributed by atoms with Gasteiger partial charge in [-0.05, 0) is 59.0 Å². The van der Waals surface area contributed by atoms with E-state index in [9.17, 15) is 18.7 Å². The van der Waals surface area contributed by atoms with E-state index in [4.69, 9.17) is 0 Å². The molecule has 2 atom stereocenters. The lowest BCUT2D eigenvalue weighted by Crippen LogP contribution is -2.37.